The molecular formula is C27H31N3O2. The molecule has 1 saturated heterocycles. The third kappa shape index (κ3) is 5.95. The molecule has 1 aliphatic rings. The van der Waals surface area contributed by atoms with E-state index in [1.165, 1.54) is 36.6 Å². The molecule has 0 spiro atoms. The number of methoxy groups -OCH3 is 1. The molecule has 1 aliphatic heterocycles. The number of piperidine rings is 1. The summed E-state index contributed by atoms with van der Waals surface area (Å²) in [6.45, 7) is 4.57. The predicted molar refractivity (Wildman–Crippen MR) is 128 cm³/mol. The van der Waals surface area contributed by atoms with E-state index in [0.717, 1.165) is 43.2 Å². The summed E-state index contributed by atoms with van der Waals surface area (Å²) in [5.74, 6) is 1.29. The molecule has 0 radical (unpaired) electrons. The molecule has 1 aromatic heterocycles. The lowest BCUT2D eigenvalue weighted by Gasteiger charge is -2.32. The summed E-state index contributed by atoms with van der Waals surface area (Å²) in [5.41, 5.74) is 5.61. The number of hydrogen-bond acceptors (Lipinski definition) is 4. The third-order valence-corrected chi connectivity index (χ3v) is 5.95. The van der Waals surface area contributed by atoms with Crippen LogP contribution in [0.2, 0.25) is 0 Å². The summed E-state index contributed by atoms with van der Waals surface area (Å²) in [6.07, 6.45) is 3.16. The summed E-state index contributed by atoms with van der Waals surface area (Å²) in [5, 5.41) is 2.83. The Morgan fingerprint density at radius 3 is 2.69 bits per heavy atom. The van der Waals surface area contributed by atoms with E-state index in [0.29, 0.717) is 5.92 Å². The minimum atomic E-state index is -0.0437. The molecule has 166 valence electrons. The van der Waals surface area contributed by atoms with Crippen molar-refractivity contribution in [2.45, 2.75) is 38.6 Å². The number of aromatic nitrogens is 1. The Morgan fingerprint density at radius 1 is 1.09 bits per heavy atom. The zero-order valence-electron chi connectivity index (χ0n) is 18.9. The lowest BCUT2D eigenvalue weighted by molar-refractivity contribution is -0.114. The van der Waals surface area contributed by atoms with Crippen molar-refractivity contribution in [2.75, 3.05) is 25.5 Å². The fourth-order valence-electron chi connectivity index (χ4n) is 4.41. The minimum Gasteiger partial charge on any atom is -0.497 e. The van der Waals surface area contributed by atoms with Crippen molar-refractivity contribution in [2.24, 2.45) is 0 Å². The van der Waals surface area contributed by atoms with Gasteiger partial charge in [-0.05, 0) is 66.9 Å². The van der Waals surface area contributed by atoms with Crippen LogP contribution in [0, 0.1) is 0 Å². The van der Waals surface area contributed by atoms with Gasteiger partial charge in [0.2, 0.25) is 5.91 Å². The number of hydrogen-bond donors (Lipinski definition) is 1. The smallest absolute Gasteiger partial charge is 0.221 e. The van der Waals surface area contributed by atoms with E-state index in [4.69, 9.17) is 9.72 Å². The van der Waals surface area contributed by atoms with Gasteiger partial charge in [-0.15, -0.1) is 0 Å². The summed E-state index contributed by atoms with van der Waals surface area (Å²) in [4.78, 5) is 18.7. The van der Waals surface area contributed by atoms with Gasteiger partial charge in [-0.1, -0.05) is 30.3 Å². The number of rotatable bonds is 7. The van der Waals surface area contributed by atoms with E-state index in [1.807, 2.05) is 24.3 Å². The van der Waals surface area contributed by atoms with Gasteiger partial charge >= 0.3 is 0 Å². The van der Waals surface area contributed by atoms with Gasteiger partial charge in [0, 0.05) is 49.4 Å². The highest BCUT2D eigenvalue weighted by molar-refractivity contribution is 5.88. The molecular weight excluding hydrogens is 398 g/mol. The Bertz CT molecular complexity index is 1050. The molecule has 1 unspecified atom stereocenters. The number of ether oxygens (including phenoxy) is 1. The molecule has 5 heteroatoms. The SMILES string of the molecule is COc1cccc(Cc2cccc(C3CCCN(Cc4ccc(NC(C)=O)cc4)C3)n2)c1. The van der Waals surface area contributed by atoms with Gasteiger partial charge in [-0.3, -0.25) is 14.7 Å². The van der Waals surface area contributed by atoms with Crippen molar-refractivity contribution in [1.82, 2.24) is 9.88 Å². The first-order valence-electron chi connectivity index (χ1n) is 11.3. The van der Waals surface area contributed by atoms with Crippen molar-refractivity contribution in [3.05, 3.63) is 89.2 Å². The fraction of sp³-hybridized carbons (Fsp3) is 0.333. The highest BCUT2D eigenvalue weighted by Gasteiger charge is 2.22. The van der Waals surface area contributed by atoms with Gasteiger partial charge in [0.1, 0.15) is 5.75 Å². The van der Waals surface area contributed by atoms with Crippen molar-refractivity contribution in [1.29, 1.82) is 0 Å². The average Bonchev–Trinajstić information content (AvgIpc) is 2.80. The number of nitrogens with one attached hydrogen (secondary N) is 1. The maximum absolute atomic E-state index is 11.2. The van der Waals surface area contributed by atoms with Crippen LogP contribution in [0.1, 0.15) is 48.2 Å². The number of carbonyl (C=O) groups is 1. The first-order chi connectivity index (χ1) is 15.6. The number of benzene rings is 2. The molecule has 1 atom stereocenters. The maximum Gasteiger partial charge on any atom is 0.221 e. The normalized spacial score (nSPS) is 16.5. The molecule has 1 fully saturated rings. The van der Waals surface area contributed by atoms with Crippen LogP contribution in [0.3, 0.4) is 0 Å². The van der Waals surface area contributed by atoms with E-state index in [1.54, 1.807) is 7.11 Å². The second-order valence-electron chi connectivity index (χ2n) is 8.53. The fourth-order valence-corrected chi connectivity index (χ4v) is 4.41. The first kappa shape index (κ1) is 22.0. The van der Waals surface area contributed by atoms with Gasteiger partial charge in [-0.25, -0.2) is 0 Å². The van der Waals surface area contributed by atoms with Crippen molar-refractivity contribution in [3.8, 4) is 5.75 Å². The largest absolute Gasteiger partial charge is 0.497 e. The summed E-state index contributed by atoms with van der Waals surface area (Å²) < 4.78 is 5.35. The number of pyridine rings is 1. The second kappa shape index (κ2) is 10.4. The Morgan fingerprint density at radius 2 is 1.91 bits per heavy atom. The number of nitrogens with zero attached hydrogens (tertiary/aromatic N) is 2. The van der Waals surface area contributed by atoms with Gasteiger partial charge in [0.15, 0.2) is 0 Å². The highest BCUT2D eigenvalue weighted by Crippen LogP contribution is 2.27. The second-order valence-corrected chi connectivity index (χ2v) is 8.53. The summed E-state index contributed by atoms with van der Waals surface area (Å²) >= 11 is 0. The van der Waals surface area contributed by atoms with Crippen molar-refractivity contribution in [3.63, 3.8) is 0 Å². The number of amides is 1. The van der Waals surface area contributed by atoms with Crippen LogP contribution >= 0.6 is 0 Å². The van der Waals surface area contributed by atoms with Gasteiger partial charge in [0.05, 0.1) is 7.11 Å². The van der Waals surface area contributed by atoms with Crippen LogP contribution in [0.5, 0.6) is 5.75 Å². The van der Waals surface area contributed by atoms with Crippen LogP contribution in [0.25, 0.3) is 0 Å². The Kier molecular flexibility index (Phi) is 7.17. The zero-order valence-corrected chi connectivity index (χ0v) is 18.9. The number of anilines is 1. The quantitative estimate of drug-likeness (QED) is 0.573. The van der Waals surface area contributed by atoms with E-state index >= 15 is 0 Å². The van der Waals surface area contributed by atoms with Gasteiger partial charge in [0.25, 0.3) is 0 Å². The van der Waals surface area contributed by atoms with Gasteiger partial charge < -0.3 is 10.1 Å². The third-order valence-electron chi connectivity index (χ3n) is 5.95. The van der Waals surface area contributed by atoms with Crippen LogP contribution in [0.4, 0.5) is 5.69 Å². The first-order valence-corrected chi connectivity index (χ1v) is 11.3. The molecule has 5 nitrogen and oxygen atoms in total. The summed E-state index contributed by atoms with van der Waals surface area (Å²) in [7, 11) is 1.70. The number of carbonyl (C=O) groups excluding carboxylic acids is 1. The molecule has 2 heterocycles. The molecule has 1 amide bonds. The topological polar surface area (TPSA) is 54.5 Å². The molecule has 0 saturated carbocycles. The Labute approximate surface area is 190 Å². The molecule has 2 aromatic carbocycles. The van der Waals surface area contributed by atoms with E-state index in [-0.39, 0.29) is 5.91 Å². The summed E-state index contributed by atoms with van der Waals surface area (Å²) in [6, 6.07) is 22.8. The van der Waals surface area contributed by atoms with E-state index in [9.17, 15) is 4.79 Å². The monoisotopic (exact) mass is 429 g/mol. The Balaban J connectivity index is 1.39. The van der Waals surface area contributed by atoms with Crippen molar-refractivity contribution >= 4 is 11.6 Å². The minimum absolute atomic E-state index is 0.0437. The molecule has 0 bridgehead atoms. The molecule has 0 aliphatic carbocycles. The molecule has 32 heavy (non-hydrogen) atoms. The van der Waals surface area contributed by atoms with E-state index in [2.05, 4.69) is 52.7 Å². The lowest BCUT2D eigenvalue weighted by atomic mass is 9.93. The van der Waals surface area contributed by atoms with Crippen LogP contribution in [0.15, 0.2) is 66.7 Å². The van der Waals surface area contributed by atoms with Crippen LogP contribution in [-0.4, -0.2) is 36.0 Å². The molecule has 3 aromatic rings. The van der Waals surface area contributed by atoms with Crippen LogP contribution < -0.4 is 10.1 Å². The predicted octanol–water partition coefficient (Wildman–Crippen LogP) is 5.02. The molecule has 4 rings (SSSR count). The Hall–Kier alpha value is -3.18. The van der Waals surface area contributed by atoms with E-state index < -0.39 is 0 Å². The van der Waals surface area contributed by atoms with Crippen molar-refractivity contribution < 1.29 is 9.53 Å². The molecule has 1 N–H and O–H groups in total. The van der Waals surface area contributed by atoms with Crippen LogP contribution in [-0.2, 0) is 17.8 Å². The lowest BCUT2D eigenvalue weighted by Crippen LogP contribution is -2.34. The average molecular weight is 430 g/mol. The highest BCUT2D eigenvalue weighted by atomic mass is 16.5. The maximum atomic E-state index is 11.2. The standard InChI is InChI=1S/C27H31N3O2/c1-20(31)28-24-13-11-21(12-14-24)18-30-15-5-7-23(19-30)27-10-4-8-25(29-27)16-22-6-3-9-26(17-22)32-2/h3-4,6,8-14,17,23H,5,7,15-16,18-19H2,1-2H3,(H,28,31). The number of likely N-dealkylation sites (tertiary alicyclic amines) is 1. The van der Waals surface area contributed by atoms with Gasteiger partial charge in [-0.2, -0.15) is 0 Å². The zero-order chi connectivity index (χ0) is 22.3.